The molecule has 1 aromatic heterocycles. The summed E-state index contributed by atoms with van der Waals surface area (Å²) in [6.07, 6.45) is 2.37. The van der Waals surface area contributed by atoms with Crippen LogP contribution in [0.25, 0.3) is 10.9 Å². The second-order valence-electron chi connectivity index (χ2n) is 18.3. The van der Waals surface area contributed by atoms with E-state index in [1.807, 2.05) is 152 Å². The molecule has 318 valence electrons. The highest BCUT2D eigenvalue weighted by atomic mass is 16.6. The van der Waals surface area contributed by atoms with Gasteiger partial charge in [0.25, 0.3) is 0 Å². The van der Waals surface area contributed by atoms with E-state index in [1.165, 1.54) is 4.57 Å². The van der Waals surface area contributed by atoms with Crippen molar-refractivity contribution < 1.29 is 33.4 Å². The second-order valence-corrected chi connectivity index (χ2v) is 18.3. The van der Waals surface area contributed by atoms with Crippen LogP contribution in [-0.4, -0.2) is 86.6 Å². The van der Waals surface area contributed by atoms with Crippen LogP contribution in [0.3, 0.4) is 0 Å². The summed E-state index contributed by atoms with van der Waals surface area (Å²) < 4.78 is 18.6. The first-order valence-corrected chi connectivity index (χ1v) is 20.7. The first-order valence-electron chi connectivity index (χ1n) is 20.7. The van der Waals surface area contributed by atoms with Gasteiger partial charge in [0.1, 0.15) is 16.8 Å². The van der Waals surface area contributed by atoms with Gasteiger partial charge >= 0.3 is 18.3 Å². The Balaban J connectivity index is 1.56. The van der Waals surface area contributed by atoms with Gasteiger partial charge in [-0.3, -0.25) is 14.3 Å². The van der Waals surface area contributed by atoms with Gasteiger partial charge in [0.15, 0.2) is 0 Å². The van der Waals surface area contributed by atoms with Crippen LogP contribution in [0, 0.1) is 0 Å². The number of hydrogen-bond acceptors (Lipinski definition) is 8. The fourth-order valence-electron chi connectivity index (χ4n) is 7.44. The van der Waals surface area contributed by atoms with E-state index < -0.39 is 53.2 Å². The Hall–Kier alpha value is -5.36. The minimum absolute atomic E-state index is 0.00122. The van der Waals surface area contributed by atoms with Crippen molar-refractivity contribution in [1.29, 1.82) is 0 Å². The second kappa shape index (κ2) is 19.1. The summed E-state index contributed by atoms with van der Waals surface area (Å²) in [5.41, 5.74) is 1.47. The van der Waals surface area contributed by atoms with Gasteiger partial charge in [-0.05, 0) is 111 Å². The molecule has 1 aliphatic heterocycles. The Morgan fingerprint density at radius 2 is 1.27 bits per heavy atom. The van der Waals surface area contributed by atoms with Crippen LogP contribution in [0.15, 0.2) is 91.1 Å². The van der Waals surface area contributed by atoms with Gasteiger partial charge in [0.05, 0.1) is 17.6 Å². The summed E-state index contributed by atoms with van der Waals surface area (Å²) in [4.78, 5) is 58.7. The van der Waals surface area contributed by atoms with Crippen molar-refractivity contribution in [3.05, 3.63) is 108 Å². The van der Waals surface area contributed by atoms with Crippen molar-refractivity contribution in [2.24, 2.45) is 0 Å². The van der Waals surface area contributed by atoms with Crippen LogP contribution in [0.2, 0.25) is 0 Å². The molecule has 3 aromatic carbocycles. The van der Waals surface area contributed by atoms with Crippen LogP contribution in [0.5, 0.6) is 0 Å². The first kappa shape index (κ1) is 44.7. The molecule has 59 heavy (non-hydrogen) atoms. The van der Waals surface area contributed by atoms with Gasteiger partial charge in [-0.15, -0.1) is 0 Å². The number of fused-ring (bicyclic) bond motifs is 1. The van der Waals surface area contributed by atoms with Gasteiger partial charge in [-0.25, -0.2) is 14.4 Å². The standard InChI is InChI=1S/C47H63N5O7/c1-45(2,3)57-42(54)48-27-19-18-26-39-41(53)50(29-33-20-12-10-13-21-33)32-40(51(39)30-34-22-14-11-15-23-34)37(49-43(55)58-46(4,5)6)28-35-31-52(44(56)59-47(7,8)9)38-25-17-16-24-36(35)38/h10-17,20-25,31,37,39-40H,18-19,26-30,32H2,1-9H3,(H,48,54)(H,49,55)/t37-,39-,40+/m0/s1. The number of amides is 3. The molecule has 0 radical (unpaired) electrons. The topological polar surface area (TPSA) is 131 Å². The van der Waals surface area contributed by atoms with Gasteiger partial charge in [0, 0.05) is 43.8 Å². The van der Waals surface area contributed by atoms with Gasteiger partial charge in [-0.1, -0.05) is 78.9 Å². The van der Waals surface area contributed by atoms with E-state index in [1.54, 1.807) is 6.20 Å². The minimum atomic E-state index is -0.761. The largest absolute Gasteiger partial charge is 0.444 e. The van der Waals surface area contributed by atoms with Crippen molar-refractivity contribution >= 4 is 35.1 Å². The van der Waals surface area contributed by atoms with Gasteiger partial charge in [0.2, 0.25) is 5.91 Å². The number of nitrogens with one attached hydrogen (secondary N) is 2. The zero-order valence-corrected chi connectivity index (χ0v) is 36.2. The van der Waals surface area contributed by atoms with E-state index in [9.17, 15) is 19.2 Å². The molecule has 0 saturated carbocycles. The summed E-state index contributed by atoms with van der Waals surface area (Å²) >= 11 is 0. The van der Waals surface area contributed by atoms with Crippen molar-refractivity contribution in [1.82, 2.24) is 25.0 Å². The van der Waals surface area contributed by atoms with E-state index in [0.29, 0.717) is 57.4 Å². The lowest BCUT2D eigenvalue weighted by Crippen LogP contribution is -2.67. The quantitative estimate of drug-likeness (QED) is 0.101. The summed E-state index contributed by atoms with van der Waals surface area (Å²) in [6, 6.07) is 26.1. The monoisotopic (exact) mass is 809 g/mol. The lowest BCUT2D eigenvalue weighted by Gasteiger charge is -2.49. The van der Waals surface area contributed by atoms with Gasteiger partial charge in [-0.2, -0.15) is 0 Å². The number of ether oxygens (including phenoxy) is 3. The number of unbranched alkanes of at least 4 members (excludes halogenated alkanes) is 1. The molecule has 1 aliphatic rings. The number of nitrogens with zero attached hydrogens (tertiary/aromatic N) is 3. The van der Waals surface area contributed by atoms with Crippen LogP contribution in [0.1, 0.15) is 98.3 Å². The zero-order chi connectivity index (χ0) is 43.0. The maximum Gasteiger partial charge on any atom is 0.419 e. The molecule has 3 atom stereocenters. The SMILES string of the molecule is CC(C)(C)OC(=O)NCCCC[C@H]1C(=O)N(Cc2ccccc2)C[C@H]([C@H](Cc2cn(C(=O)OC(C)(C)C)c3ccccc23)NC(=O)OC(C)(C)C)N1Cc1ccccc1. The third kappa shape index (κ3) is 13.3. The molecular formula is C47H63N5O7. The average molecular weight is 810 g/mol. The molecule has 0 bridgehead atoms. The molecule has 2 heterocycles. The molecule has 1 saturated heterocycles. The van der Waals surface area contributed by atoms with Crippen molar-refractivity contribution in [2.45, 2.75) is 136 Å². The Morgan fingerprint density at radius 1 is 0.712 bits per heavy atom. The summed E-state index contributed by atoms with van der Waals surface area (Å²) in [7, 11) is 0. The fraction of sp³-hybridized carbons (Fsp3) is 0.489. The molecule has 5 rings (SSSR count). The molecule has 12 heteroatoms. The van der Waals surface area contributed by atoms with Crippen molar-refractivity contribution in [3.8, 4) is 0 Å². The van der Waals surface area contributed by atoms with Crippen molar-refractivity contribution in [3.63, 3.8) is 0 Å². The number of hydrogen-bond donors (Lipinski definition) is 2. The maximum atomic E-state index is 14.8. The number of rotatable bonds is 13. The van der Waals surface area contributed by atoms with E-state index in [2.05, 4.69) is 15.5 Å². The Labute approximate surface area is 349 Å². The Bertz CT molecular complexity index is 2030. The van der Waals surface area contributed by atoms with Crippen LogP contribution < -0.4 is 10.6 Å². The van der Waals surface area contributed by atoms with Crippen LogP contribution in [-0.2, 0) is 38.5 Å². The molecule has 12 nitrogen and oxygen atoms in total. The molecule has 4 aromatic rings. The molecule has 3 amide bonds. The van der Waals surface area contributed by atoms with E-state index in [0.717, 1.165) is 22.1 Å². The Kier molecular flexibility index (Phi) is 14.5. The highest BCUT2D eigenvalue weighted by molar-refractivity contribution is 5.92. The normalized spacial score (nSPS) is 17.0. The fourth-order valence-corrected chi connectivity index (χ4v) is 7.44. The number of aromatic nitrogens is 1. The van der Waals surface area contributed by atoms with Crippen LogP contribution in [0.4, 0.5) is 14.4 Å². The number of carbonyl (C=O) groups excluding carboxylic acids is 4. The number of para-hydroxylation sites is 1. The van der Waals surface area contributed by atoms with E-state index in [-0.39, 0.29) is 5.91 Å². The highest BCUT2D eigenvalue weighted by Gasteiger charge is 2.44. The lowest BCUT2D eigenvalue weighted by molar-refractivity contribution is -0.148. The highest BCUT2D eigenvalue weighted by Crippen LogP contribution is 2.31. The summed E-state index contributed by atoms with van der Waals surface area (Å²) in [5, 5.41) is 6.95. The molecule has 0 unspecified atom stereocenters. The molecule has 0 spiro atoms. The van der Waals surface area contributed by atoms with E-state index in [4.69, 9.17) is 14.2 Å². The third-order valence-electron chi connectivity index (χ3n) is 9.82. The van der Waals surface area contributed by atoms with E-state index >= 15 is 0 Å². The average Bonchev–Trinajstić information content (AvgIpc) is 3.50. The molecular weight excluding hydrogens is 747 g/mol. The smallest absolute Gasteiger partial charge is 0.419 e. The number of carbonyl (C=O) groups is 4. The lowest BCUT2D eigenvalue weighted by atomic mass is 9.91. The number of piperazine rings is 1. The van der Waals surface area contributed by atoms with Crippen LogP contribution >= 0.6 is 0 Å². The summed E-state index contributed by atoms with van der Waals surface area (Å²) in [5.74, 6) is -0.00122. The maximum absolute atomic E-state index is 14.8. The molecule has 2 N–H and O–H groups in total. The summed E-state index contributed by atoms with van der Waals surface area (Å²) in [6.45, 7) is 18.0. The van der Waals surface area contributed by atoms with Gasteiger partial charge < -0.3 is 29.7 Å². The third-order valence-corrected chi connectivity index (χ3v) is 9.82. The predicted molar refractivity (Wildman–Crippen MR) is 230 cm³/mol. The zero-order valence-electron chi connectivity index (χ0n) is 36.2. The molecule has 0 aliphatic carbocycles. The predicted octanol–water partition coefficient (Wildman–Crippen LogP) is 8.84. The first-order chi connectivity index (χ1) is 27.8. The molecule has 1 fully saturated rings. The minimum Gasteiger partial charge on any atom is -0.444 e. The number of benzene rings is 3. The Morgan fingerprint density at radius 3 is 1.88 bits per heavy atom. The van der Waals surface area contributed by atoms with Crippen molar-refractivity contribution in [2.75, 3.05) is 13.1 Å². The number of alkyl carbamates (subject to hydrolysis) is 2.